The molecular formula is C27H30N4O3. The molecule has 176 valence electrons. The average Bonchev–Trinajstić information content (AvgIpc) is 3.45. The van der Waals surface area contributed by atoms with Crippen LogP contribution in [-0.4, -0.2) is 41.0 Å². The molecule has 1 N–H and O–H groups in total. The summed E-state index contributed by atoms with van der Waals surface area (Å²) in [4.78, 5) is 13.3. The number of aromatic nitrogens is 3. The lowest BCUT2D eigenvalue weighted by Crippen LogP contribution is -2.28. The van der Waals surface area contributed by atoms with Gasteiger partial charge in [-0.1, -0.05) is 23.8 Å². The maximum Gasteiger partial charge on any atom is 0.270 e. The van der Waals surface area contributed by atoms with Crippen LogP contribution in [-0.2, 0) is 13.5 Å². The minimum atomic E-state index is -0.173. The van der Waals surface area contributed by atoms with Crippen molar-refractivity contribution in [2.24, 2.45) is 7.05 Å². The quantitative estimate of drug-likeness (QED) is 0.423. The number of amides is 1. The van der Waals surface area contributed by atoms with Crippen LogP contribution in [0.5, 0.6) is 11.5 Å². The lowest BCUT2D eigenvalue weighted by atomic mass is 10.1. The van der Waals surface area contributed by atoms with Gasteiger partial charge in [-0.25, -0.2) is 4.68 Å². The third-order valence-electron chi connectivity index (χ3n) is 5.88. The van der Waals surface area contributed by atoms with Gasteiger partial charge < -0.3 is 19.4 Å². The van der Waals surface area contributed by atoms with Crippen LogP contribution in [0.15, 0.2) is 60.8 Å². The third kappa shape index (κ3) is 4.69. The van der Waals surface area contributed by atoms with Gasteiger partial charge in [0.05, 0.1) is 25.6 Å². The van der Waals surface area contributed by atoms with E-state index in [4.69, 9.17) is 14.6 Å². The zero-order valence-electron chi connectivity index (χ0n) is 20.3. The van der Waals surface area contributed by atoms with Gasteiger partial charge >= 0.3 is 0 Å². The van der Waals surface area contributed by atoms with Gasteiger partial charge in [0.1, 0.15) is 11.4 Å². The van der Waals surface area contributed by atoms with Crippen molar-refractivity contribution in [2.75, 3.05) is 20.8 Å². The maximum absolute atomic E-state index is 13.3. The smallest absolute Gasteiger partial charge is 0.270 e. The van der Waals surface area contributed by atoms with E-state index in [-0.39, 0.29) is 5.91 Å². The first kappa shape index (κ1) is 23.2. The van der Waals surface area contributed by atoms with Crippen molar-refractivity contribution in [3.8, 4) is 28.6 Å². The fourth-order valence-corrected chi connectivity index (χ4v) is 4.07. The highest BCUT2D eigenvalue weighted by Gasteiger charge is 2.19. The Morgan fingerprint density at radius 2 is 1.79 bits per heavy atom. The number of ether oxygens (including phenoxy) is 2. The zero-order chi connectivity index (χ0) is 24.2. The van der Waals surface area contributed by atoms with Crippen LogP contribution in [0.2, 0.25) is 0 Å². The van der Waals surface area contributed by atoms with E-state index in [2.05, 4.69) is 18.3 Å². The van der Waals surface area contributed by atoms with Crippen LogP contribution in [0.4, 0.5) is 0 Å². The van der Waals surface area contributed by atoms with Gasteiger partial charge in [0.2, 0.25) is 0 Å². The van der Waals surface area contributed by atoms with E-state index in [1.165, 1.54) is 0 Å². The minimum Gasteiger partial charge on any atom is -0.493 e. The van der Waals surface area contributed by atoms with Crippen LogP contribution in [0.1, 0.15) is 27.2 Å². The summed E-state index contributed by atoms with van der Waals surface area (Å²) in [6, 6.07) is 17.7. The van der Waals surface area contributed by atoms with Gasteiger partial charge in [-0.05, 0) is 67.8 Å². The summed E-state index contributed by atoms with van der Waals surface area (Å²) in [6.07, 6.45) is 2.63. The van der Waals surface area contributed by atoms with Crippen molar-refractivity contribution in [1.29, 1.82) is 0 Å². The lowest BCUT2D eigenvalue weighted by Gasteiger charge is -2.12. The monoisotopic (exact) mass is 458 g/mol. The zero-order valence-corrected chi connectivity index (χ0v) is 20.3. The highest BCUT2D eigenvalue weighted by atomic mass is 16.5. The van der Waals surface area contributed by atoms with Crippen molar-refractivity contribution in [3.05, 3.63) is 83.2 Å². The molecular weight excluding hydrogens is 428 g/mol. The van der Waals surface area contributed by atoms with E-state index in [1.54, 1.807) is 18.9 Å². The van der Waals surface area contributed by atoms with E-state index in [0.29, 0.717) is 30.2 Å². The molecule has 0 aliphatic carbocycles. The molecule has 0 saturated heterocycles. The first-order valence-electron chi connectivity index (χ1n) is 11.2. The van der Waals surface area contributed by atoms with E-state index >= 15 is 0 Å². The van der Waals surface area contributed by atoms with Crippen molar-refractivity contribution >= 4 is 5.91 Å². The second-order valence-corrected chi connectivity index (χ2v) is 8.32. The highest BCUT2D eigenvalue weighted by molar-refractivity contribution is 5.94. The number of benzene rings is 2. The van der Waals surface area contributed by atoms with Gasteiger partial charge in [0, 0.05) is 19.8 Å². The fraction of sp³-hybridized carbons (Fsp3) is 0.259. The molecule has 0 aliphatic rings. The second-order valence-electron chi connectivity index (χ2n) is 8.32. The minimum absolute atomic E-state index is 0.173. The standard InChI is InChI=1S/C27H30N4O3/c1-18-8-10-22(19(2)15-18)31-24(17-21(29-31)23-7-6-14-30(23)3)27(32)28-13-12-20-9-11-25(33-4)26(16-20)34-5/h6-11,14-17H,12-13H2,1-5H3,(H,28,32). The Morgan fingerprint density at radius 3 is 2.47 bits per heavy atom. The van der Waals surface area contributed by atoms with Crippen molar-refractivity contribution in [3.63, 3.8) is 0 Å². The molecule has 0 spiro atoms. The molecule has 0 fully saturated rings. The average molecular weight is 459 g/mol. The molecule has 1 amide bonds. The molecule has 34 heavy (non-hydrogen) atoms. The Balaban J connectivity index is 1.59. The summed E-state index contributed by atoms with van der Waals surface area (Å²) in [6.45, 7) is 4.56. The number of nitrogens with one attached hydrogen (secondary N) is 1. The number of aryl methyl sites for hydroxylation is 3. The van der Waals surface area contributed by atoms with E-state index in [0.717, 1.165) is 33.8 Å². The number of carbonyl (C=O) groups excluding carboxylic acids is 1. The molecule has 0 atom stereocenters. The van der Waals surface area contributed by atoms with E-state index in [9.17, 15) is 4.79 Å². The van der Waals surface area contributed by atoms with Gasteiger partial charge in [-0.15, -0.1) is 0 Å². The number of carbonyl (C=O) groups is 1. The van der Waals surface area contributed by atoms with E-state index in [1.807, 2.05) is 73.3 Å². The number of nitrogens with zero attached hydrogens (tertiary/aromatic N) is 3. The van der Waals surface area contributed by atoms with Crippen LogP contribution in [0, 0.1) is 13.8 Å². The SMILES string of the molecule is COc1ccc(CCNC(=O)c2cc(-c3cccn3C)nn2-c2ccc(C)cc2C)cc1OC. The maximum atomic E-state index is 13.3. The molecule has 7 nitrogen and oxygen atoms in total. The van der Waals surface area contributed by atoms with Gasteiger partial charge in [0.25, 0.3) is 5.91 Å². The van der Waals surface area contributed by atoms with Gasteiger partial charge in [-0.3, -0.25) is 4.79 Å². The lowest BCUT2D eigenvalue weighted by molar-refractivity contribution is 0.0946. The molecule has 0 unspecified atom stereocenters. The summed E-state index contributed by atoms with van der Waals surface area (Å²) < 4.78 is 14.4. The van der Waals surface area contributed by atoms with Crippen LogP contribution >= 0.6 is 0 Å². The van der Waals surface area contributed by atoms with Crippen LogP contribution < -0.4 is 14.8 Å². The number of hydrogen-bond donors (Lipinski definition) is 1. The number of methoxy groups -OCH3 is 2. The molecule has 2 heterocycles. The second kappa shape index (κ2) is 9.87. The number of hydrogen-bond acceptors (Lipinski definition) is 4. The molecule has 0 radical (unpaired) electrons. The highest BCUT2D eigenvalue weighted by Crippen LogP contribution is 2.28. The Hall–Kier alpha value is -4.00. The molecule has 4 aromatic rings. The summed E-state index contributed by atoms with van der Waals surface area (Å²) in [5, 5.41) is 7.86. The summed E-state index contributed by atoms with van der Waals surface area (Å²) in [5.74, 6) is 1.18. The predicted octanol–water partition coefficient (Wildman–Crippen LogP) is 4.48. The molecule has 4 rings (SSSR count). The van der Waals surface area contributed by atoms with E-state index < -0.39 is 0 Å². The van der Waals surface area contributed by atoms with Crippen molar-refractivity contribution in [1.82, 2.24) is 19.7 Å². The van der Waals surface area contributed by atoms with Crippen LogP contribution in [0.3, 0.4) is 0 Å². The Labute approximate surface area is 199 Å². The molecule has 7 heteroatoms. The largest absolute Gasteiger partial charge is 0.493 e. The third-order valence-corrected chi connectivity index (χ3v) is 5.88. The van der Waals surface area contributed by atoms with Crippen molar-refractivity contribution < 1.29 is 14.3 Å². The normalized spacial score (nSPS) is 10.9. The summed E-state index contributed by atoms with van der Waals surface area (Å²) in [5.41, 5.74) is 6.34. The number of rotatable bonds is 8. The summed E-state index contributed by atoms with van der Waals surface area (Å²) in [7, 11) is 5.19. The first-order valence-corrected chi connectivity index (χ1v) is 11.2. The van der Waals surface area contributed by atoms with Gasteiger partial charge in [0.15, 0.2) is 11.5 Å². The Bertz CT molecular complexity index is 1320. The molecule has 0 aliphatic heterocycles. The van der Waals surface area contributed by atoms with Gasteiger partial charge in [-0.2, -0.15) is 5.10 Å². The Morgan fingerprint density at radius 1 is 1.00 bits per heavy atom. The molecule has 2 aromatic heterocycles. The molecule has 0 saturated carbocycles. The first-order chi connectivity index (χ1) is 16.4. The fourth-order valence-electron chi connectivity index (χ4n) is 4.07. The van der Waals surface area contributed by atoms with Crippen LogP contribution in [0.25, 0.3) is 17.1 Å². The predicted molar refractivity (Wildman–Crippen MR) is 133 cm³/mol. The Kier molecular flexibility index (Phi) is 6.72. The van der Waals surface area contributed by atoms with Crippen molar-refractivity contribution in [2.45, 2.75) is 20.3 Å². The molecule has 0 bridgehead atoms. The topological polar surface area (TPSA) is 70.3 Å². The molecule has 2 aromatic carbocycles. The summed E-state index contributed by atoms with van der Waals surface area (Å²) >= 11 is 0.